The van der Waals surface area contributed by atoms with Gasteiger partial charge in [0, 0.05) is 18.9 Å². The maximum Gasteiger partial charge on any atom is 0.307 e. The van der Waals surface area contributed by atoms with E-state index in [-0.39, 0.29) is 37.6 Å². The molecule has 0 aliphatic carbocycles. The van der Waals surface area contributed by atoms with E-state index in [4.69, 9.17) is 9.47 Å². The molecule has 1 N–H and O–H groups in total. The highest BCUT2D eigenvalue weighted by molar-refractivity contribution is 5.97. The highest BCUT2D eigenvalue weighted by Crippen LogP contribution is 2.20. The Morgan fingerprint density at radius 3 is 2.72 bits per heavy atom. The Balaban J connectivity index is 1.61. The van der Waals surface area contributed by atoms with Crippen LogP contribution in [-0.4, -0.2) is 33.9 Å². The molecule has 0 radical (unpaired) electrons. The van der Waals surface area contributed by atoms with E-state index in [9.17, 15) is 9.59 Å². The molecule has 0 spiro atoms. The molecule has 152 valence electrons. The van der Waals surface area contributed by atoms with Gasteiger partial charge in [-0.15, -0.1) is 0 Å². The molecule has 7 nitrogen and oxygen atoms in total. The molecule has 0 atom stereocenters. The van der Waals surface area contributed by atoms with Crippen molar-refractivity contribution in [3.63, 3.8) is 0 Å². The van der Waals surface area contributed by atoms with Gasteiger partial charge in [-0.1, -0.05) is 18.2 Å². The lowest BCUT2D eigenvalue weighted by atomic mass is 10.2. The van der Waals surface area contributed by atoms with Crippen molar-refractivity contribution in [2.45, 2.75) is 39.9 Å². The first-order valence-corrected chi connectivity index (χ1v) is 9.56. The lowest BCUT2D eigenvalue weighted by Gasteiger charge is -2.11. The largest absolute Gasteiger partial charge is 0.486 e. The summed E-state index contributed by atoms with van der Waals surface area (Å²) in [6.07, 6.45) is 3.79. The highest BCUT2D eigenvalue weighted by atomic mass is 16.5. The van der Waals surface area contributed by atoms with Crippen LogP contribution in [0.4, 0.5) is 0 Å². The number of aromatic nitrogens is 2. The van der Waals surface area contributed by atoms with Gasteiger partial charge in [0.2, 0.25) is 0 Å². The third-order valence-electron chi connectivity index (χ3n) is 4.22. The fourth-order valence-corrected chi connectivity index (χ4v) is 2.90. The maximum absolute atomic E-state index is 12.5. The number of hydrogen-bond donors (Lipinski definition) is 1. The van der Waals surface area contributed by atoms with Gasteiger partial charge in [0.15, 0.2) is 0 Å². The molecule has 0 saturated heterocycles. The summed E-state index contributed by atoms with van der Waals surface area (Å²) in [5.74, 6) is -0.181. The van der Waals surface area contributed by atoms with Gasteiger partial charge in [-0.3, -0.25) is 9.59 Å². The van der Waals surface area contributed by atoms with Crippen LogP contribution in [0.25, 0.3) is 5.65 Å². The Morgan fingerprint density at radius 1 is 1.17 bits per heavy atom. The Morgan fingerprint density at radius 2 is 1.97 bits per heavy atom. The number of nitrogens with zero attached hydrogens (tertiary/aromatic N) is 2. The van der Waals surface area contributed by atoms with Crippen molar-refractivity contribution in [1.29, 1.82) is 0 Å². The van der Waals surface area contributed by atoms with Gasteiger partial charge in [0.1, 0.15) is 18.0 Å². The lowest BCUT2D eigenvalue weighted by Crippen LogP contribution is -2.27. The number of imidazole rings is 1. The van der Waals surface area contributed by atoms with E-state index in [1.165, 1.54) is 0 Å². The molecule has 0 aliphatic heterocycles. The summed E-state index contributed by atoms with van der Waals surface area (Å²) in [7, 11) is 0. The van der Waals surface area contributed by atoms with Crippen LogP contribution in [0.15, 0.2) is 48.8 Å². The van der Waals surface area contributed by atoms with Crippen LogP contribution < -0.4 is 10.1 Å². The van der Waals surface area contributed by atoms with Crippen LogP contribution >= 0.6 is 0 Å². The fraction of sp³-hybridized carbons (Fsp3) is 0.318. The molecule has 2 aromatic heterocycles. The predicted molar refractivity (Wildman–Crippen MR) is 109 cm³/mol. The number of carbonyl (C=O) groups is 2. The fourth-order valence-electron chi connectivity index (χ4n) is 2.90. The molecule has 7 heteroatoms. The number of amides is 1. The van der Waals surface area contributed by atoms with Gasteiger partial charge in [-0.25, -0.2) is 4.98 Å². The van der Waals surface area contributed by atoms with Crippen LogP contribution in [0.1, 0.15) is 41.9 Å². The quantitative estimate of drug-likeness (QED) is 0.592. The average molecular weight is 395 g/mol. The van der Waals surface area contributed by atoms with Crippen LogP contribution in [0.2, 0.25) is 0 Å². The molecular weight excluding hydrogens is 370 g/mol. The highest BCUT2D eigenvalue weighted by Gasteiger charge is 2.14. The normalized spacial score (nSPS) is 10.9. The topological polar surface area (TPSA) is 81.9 Å². The zero-order valence-electron chi connectivity index (χ0n) is 16.8. The number of pyridine rings is 1. The average Bonchev–Trinajstić information content (AvgIpc) is 3.10. The second-order valence-corrected chi connectivity index (χ2v) is 6.98. The number of esters is 1. The van der Waals surface area contributed by atoms with Gasteiger partial charge >= 0.3 is 5.97 Å². The summed E-state index contributed by atoms with van der Waals surface area (Å²) in [5, 5.41) is 2.73. The van der Waals surface area contributed by atoms with E-state index in [0.29, 0.717) is 11.3 Å². The third kappa shape index (κ3) is 5.34. The van der Waals surface area contributed by atoms with E-state index < -0.39 is 0 Å². The van der Waals surface area contributed by atoms with Crippen molar-refractivity contribution in [3.8, 4) is 5.75 Å². The van der Waals surface area contributed by atoms with Gasteiger partial charge in [-0.05, 0) is 44.5 Å². The van der Waals surface area contributed by atoms with E-state index >= 15 is 0 Å². The summed E-state index contributed by atoms with van der Waals surface area (Å²) in [4.78, 5) is 28.7. The Bertz CT molecular complexity index is 1010. The first kappa shape index (κ1) is 20.4. The molecular formula is C22H25N3O4. The van der Waals surface area contributed by atoms with E-state index in [1.807, 2.05) is 35.9 Å². The van der Waals surface area contributed by atoms with Gasteiger partial charge < -0.3 is 19.2 Å². The number of hydrogen-bond acceptors (Lipinski definition) is 5. The second-order valence-electron chi connectivity index (χ2n) is 6.98. The van der Waals surface area contributed by atoms with Gasteiger partial charge in [-0.2, -0.15) is 0 Å². The number of ether oxygens (including phenoxy) is 2. The van der Waals surface area contributed by atoms with Crippen molar-refractivity contribution < 1.29 is 19.1 Å². The molecule has 0 saturated carbocycles. The van der Waals surface area contributed by atoms with Gasteiger partial charge in [0.05, 0.1) is 23.8 Å². The monoisotopic (exact) mass is 395 g/mol. The van der Waals surface area contributed by atoms with E-state index in [2.05, 4.69) is 10.3 Å². The van der Waals surface area contributed by atoms with Crippen LogP contribution in [0, 0.1) is 6.92 Å². The minimum absolute atomic E-state index is 0.119. The zero-order chi connectivity index (χ0) is 20.8. The van der Waals surface area contributed by atoms with Crippen molar-refractivity contribution in [3.05, 3.63) is 65.6 Å². The minimum atomic E-state index is -0.341. The molecule has 3 rings (SSSR count). The minimum Gasteiger partial charge on any atom is -0.486 e. The summed E-state index contributed by atoms with van der Waals surface area (Å²) < 4.78 is 12.9. The van der Waals surface area contributed by atoms with Crippen molar-refractivity contribution in [1.82, 2.24) is 14.7 Å². The smallest absolute Gasteiger partial charge is 0.307 e. The van der Waals surface area contributed by atoms with Crippen molar-refractivity contribution in [2.24, 2.45) is 0 Å². The standard InChI is InChI=1S/C22H25N3O4/c1-15(2)29-20(26)10-11-23-22(27)18-8-4-5-9-19(18)28-14-17-13-25-12-6-7-16(3)21(25)24-17/h4-9,12-13,15H,10-11,14H2,1-3H3,(H,23,27). The molecule has 0 bridgehead atoms. The first-order valence-electron chi connectivity index (χ1n) is 9.56. The molecule has 29 heavy (non-hydrogen) atoms. The van der Waals surface area contributed by atoms with Crippen molar-refractivity contribution in [2.75, 3.05) is 6.54 Å². The molecule has 0 fully saturated rings. The molecule has 1 amide bonds. The third-order valence-corrected chi connectivity index (χ3v) is 4.22. The number of benzene rings is 1. The molecule has 0 unspecified atom stereocenters. The van der Waals surface area contributed by atoms with Gasteiger partial charge in [0.25, 0.3) is 5.91 Å². The summed E-state index contributed by atoms with van der Waals surface area (Å²) in [5.41, 5.74) is 3.13. The number of fused-ring (bicyclic) bond motifs is 1. The Hall–Kier alpha value is -3.35. The Labute approximate surface area is 169 Å². The predicted octanol–water partition coefficient (Wildman–Crippen LogP) is 3.29. The number of aryl methyl sites for hydroxylation is 1. The summed E-state index contributed by atoms with van der Waals surface area (Å²) >= 11 is 0. The number of para-hydroxylation sites is 1. The van der Waals surface area contributed by atoms with Crippen LogP contribution in [0.5, 0.6) is 5.75 Å². The number of rotatable bonds is 8. The number of nitrogens with one attached hydrogen (secondary N) is 1. The second kappa shape index (κ2) is 9.23. The first-order chi connectivity index (χ1) is 13.9. The van der Waals surface area contributed by atoms with Crippen LogP contribution in [-0.2, 0) is 16.1 Å². The SMILES string of the molecule is Cc1cccn2cc(COc3ccccc3C(=O)NCCC(=O)OC(C)C)nc12. The Kier molecular flexibility index (Phi) is 6.49. The molecule has 0 aliphatic rings. The van der Waals surface area contributed by atoms with E-state index in [1.54, 1.807) is 38.1 Å². The molecule has 1 aromatic carbocycles. The molecule has 2 heterocycles. The zero-order valence-corrected chi connectivity index (χ0v) is 16.8. The molecule has 3 aromatic rings. The van der Waals surface area contributed by atoms with Crippen molar-refractivity contribution >= 4 is 17.5 Å². The van der Waals surface area contributed by atoms with Crippen LogP contribution in [0.3, 0.4) is 0 Å². The van der Waals surface area contributed by atoms with E-state index in [0.717, 1.165) is 16.9 Å². The lowest BCUT2D eigenvalue weighted by molar-refractivity contribution is -0.147. The maximum atomic E-state index is 12.5. The number of carbonyl (C=O) groups excluding carboxylic acids is 2. The summed E-state index contributed by atoms with van der Waals surface area (Å²) in [6, 6.07) is 11.0. The summed E-state index contributed by atoms with van der Waals surface area (Å²) in [6.45, 7) is 6.02.